The van der Waals surface area contributed by atoms with E-state index in [9.17, 15) is 19.2 Å². The van der Waals surface area contributed by atoms with Gasteiger partial charge < -0.3 is 9.47 Å². The highest BCUT2D eigenvalue weighted by Crippen LogP contribution is 2.55. The summed E-state index contributed by atoms with van der Waals surface area (Å²) in [7, 11) is 2.90. The van der Waals surface area contributed by atoms with Crippen LogP contribution in [0, 0.1) is 10.8 Å². The van der Waals surface area contributed by atoms with E-state index < -0.39 is 0 Å². The summed E-state index contributed by atoms with van der Waals surface area (Å²) in [5.41, 5.74) is -0.669. The fraction of sp³-hybridized carbons (Fsp3) is 0.875. The topological polar surface area (TPSA) is 86.7 Å². The highest BCUT2D eigenvalue weighted by molar-refractivity contribution is 8.13. The number of esters is 2. The van der Waals surface area contributed by atoms with Crippen molar-refractivity contribution in [3.05, 3.63) is 0 Å². The van der Waals surface area contributed by atoms with Gasteiger partial charge in [0.05, 0.1) is 27.1 Å². The molecule has 0 aliphatic rings. The normalized spacial score (nSPS) is 14.2. The molecule has 0 aromatic carbocycles. The molecule has 0 saturated carbocycles. The van der Waals surface area contributed by atoms with Gasteiger partial charge in [-0.15, -0.1) is 0 Å². The second-order valence-corrected chi connectivity index (χ2v) is 14.1. The van der Waals surface area contributed by atoms with Gasteiger partial charge in [0.25, 0.3) is 0 Å². The maximum absolute atomic E-state index is 12.7. The number of ether oxygens (including phenoxy) is 2. The van der Waals surface area contributed by atoms with Crippen LogP contribution in [-0.4, -0.2) is 47.9 Å². The maximum atomic E-state index is 12.7. The molecule has 0 spiro atoms. The Morgan fingerprint density at radius 1 is 0.575 bits per heavy atom. The highest BCUT2D eigenvalue weighted by atomic mass is 32.2. The molecule has 0 saturated heterocycles. The van der Waals surface area contributed by atoms with Crippen LogP contribution < -0.4 is 0 Å². The van der Waals surface area contributed by atoms with Crippen LogP contribution >= 0.6 is 23.5 Å². The van der Waals surface area contributed by atoms with Crippen molar-refractivity contribution >= 4 is 45.7 Å². The van der Waals surface area contributed by atoms with Gasteiger partial charge in [0.1, 0.15) is 0 Å². The maximum Gasteiger partial charge on any atom is 0.306 e. The van der Waals surface area contributed by atoms with Crippen molar-refractivity contribution in [3.8, 4) is 0 Å². The van der Waals surface area contributed by atoms with Crippen molar-refractivity contribution in [1.29, 1.82) is 0 Å². The molecule has 0 aromatic heterocycles. The molecule has 0 N–H and O–H groups in total. The summed E-state index contributed by atoms with van der Waals surface area (Å²) in [4.78, 5) is 47.6. The number of unbranched alkanes of at least 4 members (excludes halogenated alkanes) is 10. The first-order chi connectivity index (χ1) is 19.1. The number of rotatable bonds is 25. The van der Waals surface area contributed by atoms with Crippen LogP contribution in [0.5, 0.6) is 0 Å². The number of carbonyl (C=O) groups is 4. The SMILES string of the molecule is CCCC(CCCCCCCCSC(C)=O)(CC(=O)OC)C(C)(CCCCCCCCSC(C)=O)CC(=O)OC. The fourth-order valence-corrected chi connectivity index (χ4v) is 7.18. The molecule has 8 heteroatoms. The molecule has 2 unspecified atom stereocenters. The molecule has 0 aliphatic heterocycles. The lowest BCUT2D eigenvalue weighted by atomic mass is 9.55. The number of hydrogen-bond acceptors (Lipinski definition) is 8. The predicted molar refractivity (Wildman–Crippen MR) is 170 cm³/mol. The minimum atomic E-state index is -0.355. The summed E-state index contributed by atoms with van der Waals surface area (Å²) >= 11 is 2.81. The van der Waals surface area contributed by atoms with Gasteiger partial charge in [0, 0.05) is 25.4 Å². The number of hydrogen-bond donors (Lipinski definition) is 0. The third kappa shape index (κ3) is 17.7. The Balaban J connectivity index is 5.25. The lowest BCUT2D eigenvalue weighted by molar-refractivity contribution is -0.154. The molecule has 6 nitrogen and oxygen atoms in total. The minimum Gasteiger partial charge on any atom is -0.469 e. The van der Waals surface area contributed by atoms with E-state index in [4.69, 9.17) is 9.47 Å². The first-order valence-electron chi connectivity index (χ1n) is 15.5. The van der Waals surface area contributed by atoms with E-state index in [2.05, 4.69) is 13.8 Å². The van der Waals surface area contributed by atoms with E-state index in [-0.39, 0.29) is 33.0 Å². The van der Waals surface area contributed by atoms with Gasteiger partial charge in [-0.3, -0.25) is 19.2 Å². The zero-order chi connectivity index (χ0) is 30.3. The predicted octanol–water partition coefficient (Wildman–Crippen LogP) is 8.93. The van der Waals surface area contributed by atoms with Crippen molar-refractivity contribution in [1.82, 2.24) is 0 Å². The van der Waals surface area contributed by atoms with E-state index in [0.717, 1.165) is 114 Å². The van der Waals surface area contributed by atoms with Crippen molar-refractivity contribution in [2.24, 2.45) is 10.8 Å². The Bertz CT molecular complexity index is 728. The monoisotopic (exact) mass is 602 g/mol. The summed E-state index contributed by atoms with van der Waals surface area (Å²) in [6, 6.07) is 0. The first kappa shape index (κ1) is 39.0. The molecule has 234 valence electrons. The van der Waals surface area contributed by atoms with Gasteiger partial charge in [0.15, 0.2) is 10.2 Å². The van der Waals surface area contributed by atoms with Gasteiger partial charge in [0.2, 0.25) is 0 Å². The Kier molecular flexibility index (Phi) is 22.9. The molecule has 40 heavy (non-hydrogen) atoms. The van der Waals surface area contributed by atoms with Crippen molar-refractivity contribution in [3.63, 3.8) is 0 Å². The zero-order valence-corrected chi connectivity index (χ0v) is 28.0. The second-order valence-electron chi connectivity index (χ2n) is 11.5. The average molecular weight is 603 g/mol. The lowest BCUT2D eigenvalue weighted by Crippen LogP contribution is -2.44. The van der Waals surface area contributed by atoms with E-state index in [1.165, 1.54) is 37.7 Å². The number of thioether (sulfide) groups is 2. The van der Waals surface area contributed by atoms with Crippen LogP contribution in [0.15, 0.2) is 0 Å². The Morgan fingerprint density at radius 2 is 0.975 bits per heavy atom. The van der Waals surface area contributed by atoms with Gasteiger partial charge >= 0.3 is 11.9 Å². The summed E-state index contributed by atoms with van der Waals surface area (Å²) in [6.45, 7) is 7.60. The lowest BCUT2D eigenvalue weighted by Gasteiger charge is -2.49. The minimum absolute atomic E-state index is 0.188. The van der Waals surface area contributed by atoms with Gasteiger partial charge in [-0.05, 0) is 42.9 Å². The highest BCUT2D eigenvalue weighted by Gasteiger charge is 2.49. The summed E-state index contributed by atoms with van der Waals surface area (Å²) in [5.74, 6) is 1.40. The van der Waals surface area contributed by atoms with Crippen LogP contribution in [0.2, 0.25) is 0 Å². The van der Waals surface area contributed by atoms with E-state index in [1.54, 1.807) is 13.8 Å². The molecular formula is C32H58O6S2. The molecule has 0 rings (SSSR count). The van der Waals surface area contributed by atoms with E-state index >= 15 is 0 Å². The van der Waals surface area contributed by atoms with Gasteiger partial charge in [-0.2, -0.15) is 0 Å². The van der Waals surface area contributed by atoms with Gasteiger partial charge in [-0.25, -0.2) is 0 Å². The Morgan fingerprint density at radius 3 is 1.40 bits per heavy atom. The molecule has 0 amide bonds. The van der Waals surface area contributed by atoms with Crippen LogP contribution in [0.4, 0.5) is 0 Å². The zero-order valence-electron chi connectivity index (χ0n) is 26.4. The average Bonchev–Trinajstić information content (AvgIpc) is 2.90. The smallest absolute Gasteiger partial charge is 0.306 e. The van der Waals surface area contributed by atoms with Crippen molar-refractivity contribution < 1.29 is 28.7 Å². The molecule has 0 fully saturated rings. The van der Waals surface area contributed by atoms with E-state index in [0.29, 0.717) is 12.8 Å². The third-order valence-electron chi connectivity index (χ3n) is 8.26. The first-order valence-corrected chi connectivity index (χ1v) is 17.4. The van der Waals surface area contributed by atoms with Gasteiger partial charge in [-0.1, -0.05) is 108 Å². The molecule has 2 atom stereocenters. The molecule has 0 aliphatic carbocycles. The fourth-order valence-electron chi connectivity index (χ4n) is 5.91. The van der Waals surface area contributed by atoms with Crippen LogP contribution in [0.3, 0.4) is 0 Å². The van der Waals surface area contributed by atoms with E-state index in [1.807, 2.05) is 0 Å². The molecule has 0 radical (unpaired) electrons. The molecule has 0 heterocycles. The second kappa shape index (κ2) is 23.5. The van der Waals surface area contributed by atoms with Crippen molar-refractivity contribution in [2.75, 3.05) is 25.7 Å². The van der Waals surface area contributed by atoms with Crippen LogP contribution in [0.1, 0.15) is 143 Å². The molecular weight excluding hydrogens is 544 g/mol. The Labute approximate surface area is 253 Å². The standard InChI is InChI=1S/C32H58O6S2/c1-7-20-32(26-30(36)38-6,22-17-13-9-11-15-19-24-40-28(3)34)31(4,25-29(35)37-5)21-16-12-8-10-14-18-23-39-27(2)33/h7-26H2,1-6H3. The largest absolute Gasteiger partial charge is 0.469 e. The Hall–Kier alpha value is -1.02. The summed E-state index contributed by atoms with van der Waals surface area (Å²) in [6.07, 6.45) is 17.5. The van der Waals surface area contributed by atoms with Crippen LogP contribution in [-0.2, 0) is 28.7 Å². The third-order valence-corrected chi connectivity index (χ3v) is 10.1. The molecule has 0 aromatic rings. The molecule has 0 bridgehead atoms. The van der Waals surface area contributed by atoms with Crippen LogP contribution in [0.25, 0.3) is 0 Å². The van der Waals surface area contributed by atoms with Crippen molar-refractivity contribution in [2.45, 2.75) is 143 Å². The summed E-state index contributed by atoms with van der Waals surface area (Å²) in [5, 5.41) is 0.376. The number of methoxy groups -OCH3 is 2. The number of carbonyl (C=O) groups excluding carboxylic acids is 4. The quantitative estimate of drug-likeness (QED) is 0.0756. The summed E-state index contributed by atoms with van der Waals surface area (Å²) < 4.78 is 10.3.